The molecule has 1 spiro atoms. The number of esters is 1. The zero-order valence-electron chi connectivity index (χ0n) is 16.9. The van der Waals surface area contributed by atoms with Gasteiger partial charge >= 0.3 is 5.97 Å². The van der Waals surface area contributed by atoms with E-state index in [2.05, 4.69) is 32.6 Å². The molecule has 4 nitrogen and oxygen atoms in total. The number of ether oxygens (including phenoxy) is 2. The van der Waals surface area contributed by atoms with Crippen molar-refractivity contribution in [3.63, 3.8) is 0 Å². The first-order chi connectivity index (χ1) is 12.3. The fourth-order valence-electron chi connectivity index (χ4n) is 7.42. The first-order valence-electron chi connectivity index (χ1n) is 10.9. The molecule has 4 heteroatoms. The van der Waals surface area contributed by atoms with Gasteiger partial charge in [0, 0.05) is 24.4 Å². The summed E-state index contributed by atoms with van der Waals surface area (Å²) in [7, 11) is 0. The van der Waals surface area contributed by atoms with Crippen LogP contribution in [0.4, 0.5) is 0 Å². The molecule has 0 unspecified atom stereocenters. The lowest BCUT2D eigenvalue weighted by molar-refractivity contribution is -0.146. The Morgan fingerprint density at radius 3 is 2.77 bits per heavy atom. The van der Waals surface area contributed by atoms with E-state index in [4.69, 9.17) is 9.47 Å². The topological polar surface area (TPSA) is 42.1 Å². The fraction of sp³-hybridized carbons (Fsp3) is 0.955. The van der Waals surface area contributed by atoms with Gasteiger partial charge in [0.2, 0.25) is 0 Å². The van der Waals surface area contributed by atoms with Gasteiger partial charge in [-0.05, 0) is 50.0 Å². The van der Waals surface area contributed by atoms with E-state index in [0.29, 0.717) is 11.3 Å². The Kier molecular flexibility index (Phi) is 3.68. The van der Waals surface area contributed by atoms with Crippen LogP contribution in [-0.2, 0) is 14.3 Å². The first-order valence-corrected chi connectivity index (χ1v) is 10.9. The number of hydrogen-bond donors (Lipinski definition) is 0. The highest BCUT2D eigenvalue weighted by molar-refractivity contribution is 5.76. The van der Waals surface area contributed by atoms with Crippen molar-refractivity contribution in [1.29, 1.82) is 0 Å². The Bertz CT molecular complexity index is 619. The van der Waals surface area contributed by atoms with Crippen LogP contribution >= 0.6 is 0 Å². The van der Waals surface area contributed by atoms with Crippen LogP contribution in [0, 0.1) is 28.6 Å². The van der Waals surface area contributed by atoms with Gasteiger partial charge in [0.25, 0.3) is 0 Å². The number of piperidine rings is 1. The molecule has 0 bridgehead atoms. The van der Waals surface area contributed by atoms with Crippen molar-refractivity contribution in [3.05, 3.63) is 0 Å². The summed E-state index contributed by atoms with van der Waals surface area (Å²) < 4.78 is 12.5. The molecule has 0 N–H and O–H groups in total. The highest BCUT2D eigenvalue weighted by Crippen LogP contribution is 2.70. The second-order valence-electron chi connectivity index (χ2n) is 11.1. The minimum absolute atomic E-state index is 0.0111. The van der Waals surface area contributed by atoms with E-state index in [1.165, 1.54) is 32.1 Å². The molecule has 7 atom stereocenters. The van der Waals surface area contributed by atoms with Crippen molar-refractivity contribution in [2.45, 2.75) is 84.0 Å². The molecule has 5 rings (SSSR count). The molecule has 0 radical (unpaired) electrons. The number of nitrogens with zero attached hydrogens (tertiary/aromatic N) is 1. The van der Waals surface area contributed by atoms with E-state index in [-0.39, 0.29) is 41.0 Å². The molecule has 5 aliphatic rings. The SMILES string of the molecule is C[C@H]1CCC[C@]2(C)C[C@H]3OC(=O)[C@H](CN4CCCC(C)(C)C4)[C@H]3[C@@H]3O[C@@]132. The minimum atomic E-state index is 0.0111. The van der Waals surface area contributed by atoms with Crippen LogP contribution < -0.4 is 0 Å². The van der Waals surface area contributed by atoms with E-state index < -0.39 is 0 Å². The van der Waals surface area contributed by atoms with Crippen LogP contribution in [0.1, 0.15) is 66.2 Å². The monoisotopic (exact) mass is 361 g/mol. The number of fused-ring (bicyclic) bond motifs is 2. The zero-order valence-corrected chi connectivity index (χ0v) is 16.9. The zero-order chi connectivity index (χ0) is 18.3. The maximum absolute atomic E-state index is 12.8. The molecule has 2 aliphatic carbocycles. The van der Waals surface area contributed by atoms with Crippen molar-refractivity contribution >= 4 is 5.97 Å². The standard InChI is InChI=1S/C22H35NO3/c1-14-7-5-9-21(4)11-16-17(18-22(14,21)26-18)15(19(24)25-16)12-23-10-6-8-20(2,3)13-23/h14-18H,5-13H2,1-4H3/t14-,15+,16+,17+,18-,21+,22-/m0/s1. The fourth-order valence-corrected chi connectivity index (χ4v) is 7.42. The number of carbonyl (C=O) groups is 1. The van der Waals surface area contributed by atoms with Gasteiger partial charge in [0.15, 0.2) is 0 Å². The molecule has 0 aromatic rings. The van der Waals surface area contributed by atoms with E-state index in [1.807, 2.05) is 0 Å². The molecule has 146 valence electrons. The van der Waals surface area contributed by atoms with Crippen LogP contribution in [0.2, 0.25) is 0 Å². The van der Waals surface area contributed by atoms with Gasteiger partial charge in [0.05, 0.1) is 12.0 Å². The maximum Gasteiger partial charge on any atom is 0.311 e. The van der Waals surface area contributed by atoms with Gasteiger partial charge in [0.1, 0.15) is 11.7 Å². The van der Waals surface area contributed by atoms with E-state index >= 15 is 0 Å². The molecule has 3 aliphatic heterocycles. The van der Waals surface area contributed by atoms with Crippen LogP contribution in [0.15, 0.2) is 0 Å². The summed E-state index contributed by atoms with van der Waals surface area (Å²) in [5, 5.41) is 0. The van der Waals surface area contributed by atoms with Gasteiger partial charge in [-0.2, -0.15) is 0 Å². The Morgan fingerprint density at radius 2 is 2.00 bits per heavy atom. The lowest BCUT2D eigenvalue weighted by Gasteiger charge is -2.49. The van der Waals surface area contributed by atoms with Crippen molar-refractivity contribution < 1.29 is 14.3 Å². The Hall–Kier alpha value is -0.610. The summed E-state index contributed by atoms with van der Waals surface area (Å²) in [6, 6.07) is 0. The summed E-state index contributed by atoms with van der Waals surface area (Å²) in [4.78, 5) is 15.3. The van der Waals surface area contributed by atoms with Crippen molar-refractivity contribution in [2.24, 2.45) is 28.6 Å². The summed E-state index contributed by atoms with van der Waals surface area (Å²) in [5.74, 6) is 0.944. The molecule has 5 fully saturated rings. The third-order valence-corrected chi connectivity index (χ3v) is 8.63. The summed E-state index contributed by atoms with van der Waals surface area (Å²) in [6.45, 7) is 12.6. The Labute approximate surface area is 158 Å². The highest BCUT2D eigenvalue weighted by Gasteiger charge is 2.78. The predicted octanol–water partition coefficient (Wildman–Crippen LogP) is 3.63. The smallest absolute Gasteiger partial charge is 0.311 e. The van der Waals surface area contributed by atoms with Crippen molar-refractivity contribution in [2.75, 3.05) is 19.6 Å². The normalized spacial score (nSPS) is 52.6. The number of rotatable bonds is 2. The molecular weight excluding hydrogens is 326 g/mol. The second-order valence-corrected chi connectivity index (χ2v) is 11.1. The lowest BCUT2D eigenvalue weighted by Crippen LogP contribution is -2.55. The molecule has 3 saturated heterocycles. The van der Waals surface area contributed by atoms with Crippen LogP contribution in [-0.4, -0.2) is 48.3 Å². The van der Waals surface area contributed by atoms with Crippen molar-refractivity contribution in [1.82, 2.24) is 4.90 Å². The number of carbonyl (C=O) groups excluding carboxylic acids is 1. The lowest BCUT2D eigenvalue weighted by atomic mass is 9.53. The van der Waals surface area contributed by atoms with E-state index in [9.17, 15) is 4.79 Å². The second kappa shape index (κ2) is 5.47. The van der Waals surface area contributed by atoms with E-state index in [0.717, 1.165) is 26.1 Å². The third kappa shape index (κ3) is 2.30. The number of epoxide rings is 1. The molecule has 2 saturated carbocycles. The predicted molar refractivity (Wildman–Crippen MR) is 99.7 cm³/mol. The highest BCUT2D eigenvalue weighted by atomic mass is 16.6. The summed E-state index contributed by atoms with van der Waals surface area (Å²) >= 11 is 0. The van der Waals surface area contributed by atoms with E-state index in [1.54, 1.807) is 0 Å². The average Bonchev–Trinajstić information content (AvgIpc) is 3.22. The summed E-state index contributed by atoms with van der Waals surface area (Å²) in [5.41, 5.74) is 0.582. The van der Waals surface area contributed by atoms with Crippen LogP contribution in [0.3, 0.4) is 0 Å². The maximum atomic E-state index is 12.8. The molecule has 0 aromatic heterocycles. The molecule has 3 heterocycles. The minimum Gasteiger partial charge on any atom is -0.462 e. The van der Waals surface area contributed by atoms with Gasteiger partial charge in [-0.15, -0.1) is 0 Å². The van der Waals surface area contributed by atoms with Gasteiger partial charge in [-0.3, -0.25) is 4.79 Å². The Morgan fingerprint density at radius 1 is 1.19 bits per heavy atom. The van der Waals surface area contributed by atoms with Gasteiger partial charge < -0.3 is 14.4 Å². The molecular formula is C22H35NO3. The Balaban J connectivity index is 1.38. The quantitative estimate of drug-likeness (QED) is 0.556. The molecule has 0 aromatic carbocycles. The third-order valence-electron chi connectivity index (χ3n) is 8.63. The largest absolute Gasteiger partial charge is 0.462 e. The van der Waals surface area contributed by atoms with Gasteiger partial charge in [-0.25, -0.2) is 0 Å². The average molecular weight is 362 g/mol. The number of hydrogen-bond acceptors (Lipinski definition) is 4. The summed E-state index contributed by atoms with van der Waals surface area (Å²) in [6.07, 6.45) is 7.64. The molecule has 26 heavy (non-hydrogen) atoms. The van der Waals surface area contributed by atoms with Crippen LogP contribution in [0.5, 0.6) is 0 Å². The molecule has 0 amide bonds. The first kappa shape index (κ1) is 17.5. The van der Waals surface area contributed by atoms with Crippen LogP contribution in [0.25, 0.3) is 0 Å². The van der Waals surface area contributed by atoms with Crippen molar-refractivity contribution in [3.8, 4) is 0 Å². The van der Waals surface area contributed by atoms with Gasteiger partial charge in [-0.1, -0.05) is 34.1 Å². The number of likely N-dealkylation sites (tertiary alicyclic amines) is 1.